The third kappa shape index (κ3) is 4.22. The lowest BCUT2D eigenvalue weighted by Crippen LogP contribution is -2.41. The molecule has 0 heterocycles. The minimum absolute atomic E-state index is 0.334. The van der Waals surface area contributed by atoms with Crippen LogP contribution in [0.2, 0.25) is 18.1 Å². The fourth-order valence-corrected chi connectivity index (χ4v) is 4.78. The molecule has 0 aromatic heterocycles. The van der Waals surface area contributed by atoms with E-state index in [1.54, 1.807) is 5.57 Å². The molecule has 0 amide bonds. The second-order valence-electron chi connectivity index (χ2n) is 8.94. The van der Waals surface area contributed by atoms with Gasteiger partial charge in [-0.3, -0.25) is 0 Å². The smallest absolute Gasteiger partial charge is 0.191 e. The van der Waals surface area contributed by atoms with Gasteiger partial charge in [-0.05, 0) is 68.0 Å². The molecule has 0 radical (unpaired) electrons. The van der Waals surface area contributed by atoms with Crippen LogP contribution in [-0.2, 0) is 4.43 Å². The molecule has 0 unspecified atom stereocenters. The average Bonchev–Trinajstić information content (AvgIpc) is 2.37. The summed E-state index contributed by atoms with van der Waals surface area (Å²) in [6, 6.07) is 0. The summed E-state index contributed by atoms with van der Waals surface area (Å²) in [5.41, 5.74) is 1.80. The Morgan fingerprint density at radius 1 is 1.14 bits per heavy atom. The van der Waals surface area contributed by atoms with Gasteiger partial charge in [-0.25, -0.2) is 0 Å². The summed E-state index contributed by atoms with van der Waals surface area (Å²) in [6.07, 6.45) is 11.0. The maximum atomic E-state index is 6.41. The van der Waals surface area contributed by atoms with Crippen molar-refractivity contribution in [3.05, 3.63) is 11.6 Å². The molecule has 1 nitrogen and oxygen atoms in total. The lowest BCUT2D eigenvalue weighted by molar-refractivity contribution is 0.233. The van der Waals surface area contributed by atoms with Crippen LogP contribution in [0.1, 0.15) is 66.2 Å². The van der Waals surface area contributed by atoms with E-state index in [-0.39, 0.29) is 0 Å². The molecule has 0 N–H and O–H groups in total. The minimum atomic E-state index is -1.57. The van der Waals surface area contributed by atoms with E-state index in [0.717, 1.165) is 24.4 Å². The van der Waals surface area contributed by atoms with Crippen molar-refractivity contribution in [1.82, 2.24) is 0 Å². The van der Waals surface area contributed by atoms with Crippen LogP contribution in [0.15, 0.2) is 11.6 Å². The van der Waals surface area contributed by atoms with Crippen LogP contribution in [-0.4, -0.2) is 14.9 Å². The van der Waals surface area contributed by atoms with E-state index in [1.807, 2.05) is 0 Å². The molecule has 1 fully saturated rings. The highest BCUT2D eigenvalue weighted by Crippen LogP contribution is 2.43. The molecule has 3 atom stereocenters. The summed E-state index contributed by atoms with van der Waals surface area (Å²) in [6.45, 7) is 15.1. The van der Waals surface area contributed by atoms with Crippen LogP contribution in [0, 0.1) is 17.8 Å². The highest BCUT2D eigenvalue weighted by atomic mass is 28.4. The number of fused-ring (bicyclic) bond motifs is 1. The van der Waals surface area contributed by atoms with Gasteiger partial charge >= 0.3 is 0 Å². The Morgan fingerprint density at radius 2 is 1.86 bits per heavy atom. The molecule has 2 rings (SSSR count). The first-order valence-corrected chi connectivity index (χ1v) is 12.0. The van der Waals surface area contributed by atoms with Gasteiger partial charge < -0.3 is 4.43 Å². The van der Waals surface area contributed by atoms with Gasteiger partial charge in [0.05, 0.1) is 0 Å². The van der Waals surface area contributed by atoms with Crippen molar-refractivity contribution in [2.75, 3.05) is 6.61 Å². The largest absolute Gasteiger partial charge is 0.417 e. The zero-order valence-electron chi connectivity index (χ0n) is 15.2. The Hall–Kier alpha value is -0.0831. The Balaban J connectivity index is 1.91. The van der Waals surface area contributed by atoms with E-state index in [2.05, 4.69) is 46.9 Å². The lowest BCUT2D eigenvalue weighted by Gasteiger charge is -2.39. The molecule has 0 aromatic carbocycles. The fourth-order valence-electron chi connectivity index (χ4n) is 3.72. The highest BCUT2D eigenvalue weighted by Gasteiger charge is 2.37. The van der Waals surface area contributed by atoms with Crippen LogP contribution >= 0.6 is 0 Å². The number of allylic oxidation sites excluding steroid dienone is 2. The summed E-state index contributed by atoms with van der Waals surface area (Å²) < 4.78 is 6.41. The topological polar surface area (TPSA) is 9.23 Å². The summed E-state index contributed by atoms with van der Waals surface area (Å²) in [5, 5.41) is 0.334. The van der Waals surface area contributed by atoms with Gasteiger partial charge in [0.25, 0.3) is 0 Å². The predicted molar refractivity (Wildman–Crippen MR) is 95.1 cm³/mol. The molecule has 2 aliphatic rings. The lowest BCUT2D eigenvalue weighted by atomic mass is 9.69. The van der Waals surface area contributed by atoms with Crippen molar-refractivity contribution >= 4 is 8.32 Å². The zero-order valence-corrected chi connectivity index (χ0v) is 16.2. The van der Waals surface area contributed by atoms with Crippen molar-refractivity contribution in [3.63, 3.8) is 0 Å². The zero-order chi connectivity index (χ0) is 15.7. The van der Waals surface area contributed by atoms with E-state index in [1.165, 1.54) is 38.5 Å². The van der Waals surface area contributed by atoms with E-state index in [4.69, 9.17) is 4.43 Å². The van der Waals surface area contributed by atoms with Crippen molar-refractivity contribution in [1.29, 1.82) is 0 Å². The van der Waals surface area contributed by atoms with Crippen molar-refractivity contribution in [2.24, 2.45) is 17.8 Å². The van der Waals surface area contributed by atoms with E-state index >= 15 is 0 Å². The second-order valence-corrected chi connectivity index (χ2v) is 13.8. The maximum Gasteiger partial charge on any atom is 0.191 e. The van der Waals surface area contributed by atoms with Crippen molar-refractivity contribution < 1.29 is 4.43 Å². The predicted octanol–water partition coefficient (Wildman–Crippen LogP) is 6.17. The Morgan fingerprint density at radius 3 is 2.52 bits per heavy atom. The van der Waals surface area contributed by atoms with Gasteiger partial charge in [-0.15, -0.1) is 0 Å². The van der Waals surface area contributed by atoms with Gasteiger partial charge in [-0.1, -0.05) is 45.8 Å². The van der Waals surface area contributed by atoms with Crippen LogP contribution in [0.3, 0.4) is 0 Å². The molecule has 0 bridgehead atoms. The van der Waals surface area contributed by atoms with Crippen molar-refractivity contribution in [2.45, 2.75) is 84.4 Å². The van der Waals surface area contributed by atoms with Gasteiger partial charge in [0, 0.05) is 6.61 Å². The first-order valence-electron chi connectivity index (χ1n) is 9.06. The van der Waals surface area contributed by atoms with Gasteiger partial charge in [0.1, 0.15) is 0 Å². The third-order valence-electron chi connectivity index (χ3n) is 6.23. The first-order chi connectivity index (χ1) is 9.71. The number of rotatable bonds is 4. The summed E-state index contributed by atoms with van der Waals surface area (Å²) in [7, 11) is -1.57. The molecule has 0 aromatic rings. The van der Waals surface area contributed by atoms with E-state index in [0.29, 0.717) is 5.04 Å². The molecule has 1 saturated carbocycles. The van der Waals surface area contributed by atoms with Crippen LogP contribution < -0.4 is 0 Å². The highest BCUT2D eigenvalue weighted by molar-refractivity contribution is 6.74. The van der Waals surface area contributed by atoms with Crippen LogP contribution in [0.5, 0.6) is 0 Å². The quantitative estimate of drug-likeness (QED) is 0.445. The third-order valence-corrected chi connectivity index (χ3v) is 10.8. The second kappa shape index (κ2) is 6.58. The molecular formula is C19H36OSi. The monoisotopic (exact) mass is 308 g/mol. The molecule has 122 valence electrons. The van der Waals surface area contributed by atoms with Crippen LogP contribution in [0.4, 0.5) is 0 Å². The first kappa shape index (κ1) is 17.3. The van der Waals surface area contributed by atoms with E-state index < -0.39 is 8.32 Å². The average molecular weight is 309 g/mol. The molecule has 0 saturated heterocycles. The standard InChI is InChI=1S/C19H36OSi/c1-15-10-11-16-8-7-9-17(18(16)14-15)12-13-20-21(5,6)19(2,3)4/h14-17H,7-13H2,1-6H3/t15-,16+,17-/m0/s1. The fraction of sp³-hybridized carbons (Fsp3) is 0.895. The normalized spacial score (nSPS) is 30.8. The Labute approximate surface area is 133 Å². The summed E-state index contributed by atoms with van der Waals surface area (Å²) >= 11 is 0. The van der Waals surface area contributed by atoms with E-state index in [9.17, 15) is 0 Å². The SMILES string of the molecule is C[C@@H]1C=C2[C@H](CCC[C@H]2CCO[Si](C)(C)C(C)(C)C)CC1. The molecular weight excluding hydrogens is 272 g/mol. The van der Waals surface area contributed by atoms with Gasteiger partial charge in [0.15, 0.2) is 8.32 Å². The molecule has 0 spiro atoms. The molecule has 21 heavy (non-hydrogen) atoms. The number of hydrogen-bond acceptors (Lipinski definition) is 1. The van der Waals surface area contributed by atoms with Gasteiger partial charge in [0.2, 0.25) is 0 Å². The Bertz CT molecular complexity index is 378. The summed E-state index contributed by atoms with van der Waals surface area (Å²) in [4.78, 5) is 0. The Kier molecular flexibility index (Phi) is 5.41. The van der Waals surface area contributed by atoms with Crippen molar-refractivity contribution in [3.8, 4) is 0 Å². The number of hydrogen-bond donors (Lipinski definition) is 0. The summed E-state index contributed by atoms with van der Waals surface area (Å²) in [5.74, 6) is 2.53. The minimum Gasteiger partial charge on any atom is -0.417 e. The maximum absolute atomic E-state index is 6.41. The molecule has 0 aliphatic heterocycles. The van der Waals surface area contributed by atoms with Crippen LogP contribution in [0.25, 0.3) is 0 Å². The van der Waals surface area contributed by atoms with Gasteiger partial charge in [-0.2, -0.15) is 0 Å². The molecule has 2 aliphatic carbocycles. The molecule has 2 heteroatoms.